The molecule has 0 spiro atoms. The minimum Gasteiger partial charge on any atom is -0.414 e. The summed E-state index contributed by atoms with van der Waals surface area (Å²) in [7, 11) is -3.41. The van der Waals surface area contributed by atoms with Crippen LogP contribution in [0.3, 0.4) is 0 Å². The van der Waals surface area contributed by atoms with Crippen LogP contribution in [0.2, 0.25) is 39.3 Å². The van der Waals surface area contributed by atoms with Gasteiger partial charge in [0, 0.05) is 5.92 Å². The molecule has 0 amide bonds. The zero-order valence-corrected chi connectivity index (χ0v) is 29.5. The van der Waals surface area contributed by atoms with Crippen molar-refractivity contribution in [3.05, 3.63) is 35.5 Å². The molecule has 0 aromatic rings. The molecule has 224 valence electrons. The Labute approximate surface area is 244 Å². The second-order valence-corrected chi connectivity index (χ2v) is 25.1. The standard InChI is InChI=1S/C34H62O3Si2/c1-24(15-13-21-33(4,5)35)29-19-20-30-27(16-14-22-34(29,30)6)17-18-28-23-31(36-38(7,8)9)26(3)32(25(28)2)37-39(10,11)12/h17-18,24,26,29-32,35H,2,13-16,19-23H2,1,3-12H3/b27-17?,28-18-/t24-,26+,29+,30?,31-,32+,34+/m0/s1. The molecule has 3 rings (SSSR count). The van der Waals surface area contributed by atoms with Crippen LogP contribution < -0.4 is 0 Å². The van der Waals surface area contributed by atoms with E-state index in [1.54, 1.807) is 5.57 Å². The van der Waals surface area contributed by atoms with Crippen molar-refractivity contribution >= 4 is 16.6 Å². The SMILES string of the molecule is C=C1/C(=C\C=C2CCC[C@@]3(C)C2CC[C@@H]3[C@@H](C)CCCC(C)(C)O)C[C@H](O[Si](C)(C)C)[C@@H](C)[C@@H]1O[Si](C)(C)C. The van der Waals surface area contributed by atoms with Crippen molar-refractivity contribution in [2.75, 3.05) is 0 Å². The molecule has 3 saturated carbocycles. The van der Waals surface area contributed by atoms with Gasteiger partial charge in [0.2, 0.25) is 0 Å². The molecule has 0 radical (unpaired) electrons. The zero-order chi connectivity index (χ0) is 29.4. The maximum Gasteiger partial charge on any atom is 0.184 e. The van der Waals surface area contributed by atoms with Gasteiger partial charge < -0.3 is 14.0 Å². The normalized spacial score (nSPS) is 35.5. The third-order valence-electron chi connectivity index (χ3n) is 9.90. The molecule has 0 heterocycles. The van der Waals surface area contributed by atoms with Crippen LogP contribution in [0.15, 0.2) is 35.5 Å². The monoisotopic (exact) mass is 574 g/mol. The van der Waals surface area contributed by atoms with Gasteiger partial charge in [-0.05, 0) is 132 Å². The largest absolute Gasteiger partial charge is 0.414 e. The van der Waals surface area contributed by atoms with Gasteiger partial charge in [-0.1, -0.05) is 57.9 Å². The smallest absolute Gasteiger partial charge is 0.184 e. The van der Waals surface area contributed by atoms with Crippen LogP contribution in [0.1, 0.15) is 92.4 Å². The summed E-state index contributed by atoms with van der Waals surface area (Å²) in [5.74, 6) is 2.53. The van der Waals surface area contributed by atoms with Gasteiger partial charge >= 0.3 is 0 Å². The van der Waals surface area contributed by atoms with E-state index in [1.165, 1.54) is 49.7 Å². The molecule has 0 saturated heterocycles. The Kier molecular flexibility index (Phi) is 10.5. The summed E-state index contributed by atoms with van der Waals surface area (Å²) in [6.45, 7) is 29.6. The van der Waals surface area contributed by atoms with Gasteiger partial charge in [-0.3, -0.25) is 0 Å². The van der Waals surface area contributed by atoms with Gasteiger partial charge in [0.15, 0.2) is 16.6 Å². The van der Waals surface area contributed by atoms with Gasteiger partial charge in [-0.2, -0.15) is 0 Å². The molecule has 3 aliphatic rings. The lowest BCUT2D eigenvalue weighted by Gasteiger charge is -2.45. The first-order valence-electron chi connectivity index (χ1n) is 16.0. The Bertz CT molecular complexity index is 916. The summed E-state index contributed by atoms with van der Waals surface area (Å²) in [4.78, 5) is 0. The minimum atomic E-state index is -1.73. The summed E-state index contributed by atoms with van der Waals surface area (Å²) >= 11 is 0. The minimum absolute atomic E-state index is 0.0497. The fraction of sp³-hybridized carbons (Fsp3) is 0.824. The number of allylic oxidation sites excluding steroid dienone is 3. The first-order chi connectivity index (χ1) is 17.8. The molecular weight excluding hydrogens is 513 g/mol. The van der Waals surface area contributed by atoms with Crippen LogP contribution in [-0.2, 0) is 8.85 Å². The highest BCUT2D eigenvalue weighted by Crippen LogP contribution is 2.60. The predicted molar refractivity (Wildman–Crippen MR) is 173 cm³/mol. The summed E-state index contributed by atoms with van der Waals surface area (Å²) in [5.41, 5.74) is 4.05. The van der Waals surface area contributed by atoms with Gasteiger partial charge in [0.1, 0.15) is 0 Å². The van der Waals surface area contributed by atoms with Crippen LogP contribution in [0.4, 0.5) is 0 Å². The average molecular weight is 575 g/mol. The van der Waals surface area contributed by atoms with Crippen LogP contribution in [0.5, 0.6) is 0 Å². The molecule has 1 N–H and O–H groups in total. The molecule has 39 heavy (non-hydrogen) atoms. The topological polar surface area (TPSA) is 38.7 Å². The van der Waals surface area contributed by atoms with Crippen molar-refractivity contribution in [2.45, 2.75) is 149 Å². The Morgan fingerprint density at radius 2 is 1.72 bits per heavy atom. The van der Waals surface area contributed by atoms with Crippen LogP contribution >= 0.6 is 0 Å². The van der Waals surface area contributed by atoms with Crippen molar-refractivity contribution in [1.82, 2.24) is 0 Å². The second kappa shape index (κ2) is 12.4. The van der Waals surface area contributed by atoms with E-state index in [2.05, 4.69) is 78.8 Å². The fourth-order valence-electron chi connectivity index (χ4n) is 8.05. The Hall–Kier alpha value is -0.466. The molecular formula is C34H62O3Si2. The van der Waals surface area contributed by atoms with E-state index in [9.17, 15) is 5.11 Å². The third kappa shape index (κ3) is 8.76. The fourth-order valence-corrected chi connectivity index (χ4v) is 10.4. The quantitative estimate of drug-likeness (QED) is 0.264. The van der Waals surface area contributed by atoms with Crippen molar-refractivity contribution in [1.29, 1.82) is 0 Å². The lowest BCUT2D eigenvalue weighted by atomic mass is 9.60. The van der Waals surface area contributed by atoms with E-state index in [-0.39, 0.29) is 12.2 Å². The maximum atomic E-state index is 10.2. The molecule has 7 atom stereocenters. The third-order valence-corrected chi connectivity index (χ3v) is 11.9. The summed E-state index contributed by atoms with van der Waals surface area (Å²) in [6.07, 6.45) is 15.9. The van der Waals surface area contributed by atoms with Gasteiger partial charge in [-0.15, -0.1) is 0 Å². The summed E-state index contributed by atoms with van der Waals surface area (Å²) in [5, 5.41) is 10.2. The van der Waals surface area contributed by atoms with Gasteiger partial charge in [0.05, 0.1) is 17.8 Å². The molecule has 0 bridgehead atoms. The molecule has 3 aliphatic carbocycles. The van der Waals surface area contributed by atoms with Crippen LogP contribution in [0, 0.1) is 29.1 Å². The van der Waals surface area contributed by atoms with E-state index in [1.807, 2.05) is 13.8 Å². The summed E-state index contributed by atoms with van der Waals surface area (Å²) < 4.78 is 13.5. The van der Waals surface area contributed by atoms with E-state index in [0.29, 0.717) is 17.3 Å². The first-order valence-corrected chi connectivity index (χ1v) is 22.8. The highest BCUT2D eigenvalue weighted by Gasteiger charge is 2.50. The van der Waals surface area contributed by atoms with Crippen LogP contribution in [-0.4, -0.2) is 39.6 Å². The molecule has 0 aromatic heterocycles. The maximum absolute atomic E-state index is 10.2. The number of hydrogen-bond acceptors (Lipinski definition) is 3. The van der Waals surface area contributed by atoms with Gasteiger partial charge in [0.25, 0.3) is 0 Å². The lowest BCUT2D eigenvalue weighted by Crippen LogP contribution is -2.47. The lowest BCUT2D eigenvalue weighted by molar-refractivity contribution is 0.0478. The number of fused-ring (bicyclic) bond motifs is 1. The molecule has 0 aliphatic heterocycles. The number of rotatable bonds is 10. The second-order valence-electron chi connectivity index (χ2n) is 16.2. The van der Waals surface area contributed by atoms with E-state index in [4.69, 9.17) is 8.85 Å². The van der Waals surface area contributed by atoms with E-state index in [0.717, 1.165) is 31.1 Å². The van der Waals surface area contributed by atoms with Crippen molar-refractivity contribution in [2.24, 2.45) is 29.1 Å². The van der Waals surface area contributed by atoms with Gasteiger partial charge in [-0.25, -0.2) is 0 Å². The zero-order valence-electron chi connectivity index (χ0n) is 27.5. The van der Waals surface area contributed by atoms with E-state index >= 15 is 0 Å². The molecule has 5 heteroatoms. The Morgan fingerprint density at radius 3 is 2.31 bits per heavy atom. The van der Waals surface area contributed by atoms with Crippen LogP contribution in [0.25, 0.3) is 0 Å². The highest BCUT2D eigenvalue weighted by molar-refractivity contribution is 6.70. The molecule has 3 nitrogen and oxygen atoms in total. The van der Waals surface area contributed by atoms with Crippen molar-refractivity contribution in [3.63, 3.8) is 0 Å². The highest BCUT2D eigenvalue weighted by atomic mass is 28.4. The van der Waals surface area contributed by atoms with Crippen molar-refractivity contribution < 1.29 is 14.0 Å². The predicted octanol–water partition coefficient (Wildman–Crippen LogP) is 9.67. The van der Waals surface area contributed by atoms with E-state index < -0.39 is 22.2 Å². The van der Waals surface area contributed by atoms with Crippen molar-refractivity contribution in [3.8, 4) is 0 Å². The number of hydrogen-bond donors (Lipinski definition) is 1. The Morgan fingerprint density at radius 1 is 1.08 bits per heavy atom. The average Bonchev–Trinajstić information content (AvgIpc) is 3.13. The molecule has 3 fully saturated rings. The molecule has 1 unspecified atom stereocenters. The number of aliphatic hydroxyl groups is 1. The first kappa shape index (κ1) is 33.0. The molecule has 0 aromatic carbocycles. The summed E-state index contributed by atoms with van der Waals surface area (Å²) in [6, 6.07) is 0. The Balaban J connectivity index is 1.81.